The summed E-state index contributed by atoms with van der Waals surface area (Å²) in [6.45, 7) is 5.38. The number of rotatable bonds is 0. The maximum atomic E-state index is 3.60. The minimum absolute atomic E-state index is 1.69. The van der Waals surface area contributed by atoms with Crippen LogP contribution in [0.5, 0.6) is 0 Å². The Balaban J connectivity index is 2.58. The summed E-state index contributed by atoms with van der Waals surface area (Å²) >= 11 is 0. The molecule has 0 spiro atoms. The second kappa shape index (κ2) is 1.30. The van der Waals surface area contributed by atoms with Gasteiger partial charge in [-0.3, -0.25) is 7.05 Å². The van der Waals surface area contributed by atoms with Gasteiger partial charge in [-0.05, 0) is 6.20 Å². The van der Waals surface area contributed by atoms with Crippen LogP contribution in [0.2, 0.25) is 0 Å². The van der Waals surface area contributed by atoms with Crippen LogP contribution in [0.25, 0.3) is 0 Å². The molecule has 1 rings (SSSR count). The predicted molar refractivity (Wildman–Crippen MR) is 28.0 cm³/mol. The van der Waals surface area contributed by atoms with E-state index in [1.54, 1.807) is 16.1 Å². The van der Waals surface area contributed by atoms with Crippen LogP contribution < -0.4 is 0 Å². The Morgan fingerprint density at radius 1 is 1.86 bits per heavy atom. The number of nitrogens with zero attached hydrogens (tertiary/aromatic N) is 2. The van der Waals surface area contributed by atoms with Gasteiger partial charge in [0.15, 0.2) is 0 Å². The van der Waals surface area contributed by atoms with Crippen LogP contribution in [0.3, 0.4) is 0 Å². The summed E-state index contributed by atoms with van der Waals surface area (Å²) in [6, 6.07) is 0. The van der Waals surface area contributed by atoms with E-state index in [0.717, 1.165) is 0 Å². The van der Waals surface area contributed by atoms with E-state index in [-0.39, 0.29) is 0 Å². The van der Waals surface area contributed by atoms with Gasteiger partial charge >= 0.3 is 0 Å². The maximum Gasteiger partial charge on any atom is 0.113 e. The van der Waals surface area contributed by atoms with Gasteiger partial charge in [0.2, 0.25) is 0 Å². The van der Waals surface area contributed by atoms with Crippen LogP contribution in [0.4, 0.5) is 0 Å². The highest BCUT2D eigenvalue weighted by molar-refractivity contribution is 5.17. The summed E-state index contributed by atoms with van der Waals surface area (Å²) < 4.78 is 1.69. The largest absolute Gasteiger partial charge is 0.515 e. The van der Waals surface area contributed by atoms with Crippen molar-refractivity contribution >= 4 is 6.72 Å². The van der Waals surface area contributed by atoms with Crippen molar-refractivity contribution in [3.8, 4) is 0 Å². The molecule has 0 bridgehead atoms. The molecule has 0 aromatic heterocycles. The Bertz CT molecular complexity index is 115. The molecule has 0 N–H and O–H groups in total. The second-order valence-electron chi connectivity index (χ2n) is 1.44. The van der Waals surface area contributed by atoms with Gasteiger partial charge in [-0.15, -0.1) is 0 Å². The van der Waals surface area contributed by atoms with Gasteiger partial charge in [0.25, 0.3) is 0 Å². The Labute approximate surface area is 43.4 Å². The first-order valence-electron chi connectivity index (χ1n) is 2.00. The summed E-state index contributed by atoms with van der Waals surface area (Å²) in [5.41, 5.74) is 0. The lowest BCUT2D eigenvalue weighted by Gasteiger charge is -2.14. The normalized spacial score (nSPS) is 17.9. The topological polar surface area (TPSA) is 6.25 Å². The maximum absolute atomic E-state index is 3.60. The minimum atomic E-state index is 1.69. The average Bonchev–Trinajstić information content (AvgIpc) is 1.87. The molecular formula is C5H7N2-. The zero-order chi connectivity index (χ0) is 5.28. The van der Waals surface area contributed by atoms with Crippen LogP contribution in [0, 0.1) is 13.7 Å². The molecule has 1 aliphatic heterocycles. The quantitative estimate of drug-likeness (QED) is 0.312. The van der Waals surface area contributed by atoms with Gasteiger partial charge in [0.1, 0.15) is 6.67 Å². The van der Waals surface area contributed by atoms with E-state index in [0.29, 0.717) is 0 Å². The molecule has 0 saturated heterocycles. The van der Waals surface area contributed by atoms with Gasteiger partial charge in [0.05, 0.1) is 6.20 Å². The zero-order valence-corrected chi connectivity index (χ0v) is 4.04. The van der Waals surface area contributed by atoms with E-state index >= 15 is 0 Å². The summed E-state index contributed by atoms with van der Waals surface area (Å²) in [5, 5.41) is 0. The first-order chi connectivity index (χ1) is 3.29. The van der Waals surface area contributed by atoms with Crippen LogP contribution in [-0.4, -0.2) is 16.2 Å². The van der Waals surface area contributed by atoms with Crippen molar-refractivity contribution in [1.82, 2.24) is 4.90 Å². The highest BCUT2D eigenvalue weighted by atomic mass is 15.3. The fraction of sp³-hybridized carbons (Fsp3) is 0. The third-order valence-corrected chi connectivity index (χ3v) is 0.746. The van der Waals surface area contributed by atoms with E-state index in [1.807, 2.05) is 12.4 Å². The van der Waals surface area contributed by atoms with Gasteiger partial charge in [-0.25, -0.2) is 0 Å². The standard InChI is InChI=1S/C5H7N2/c1-6-3-4-7(2)5-6/h3-5H,1-2H2/q-1. The van der Waals surface area contributed by atoms with Crippen molar-refractivity contribution < 1.29 is 4.58 Å². The lowest BCUT2D eigenvalue weighted by molar-refractivity contribution is -0.405. The molecule has 0 aliphatic carbocycles. The minimum Gasteiger partial charge on any atom is -0.515 e. The van der Waals surface area contributed by atoms with E-state index in [1.165, 1.54) is 0 Å². The highest BCUT2D eigenvalue weighted by Crippen LogP contribution is 1.99. The lowest BCUT2D eigenvalue weighted by Crippen LogP contribution is -2.02. The second-order valence-corrected chi connectivity index (χ2v) is 1.44. The Kier molecular flexibility index (Phi) is 0.785. The van der Waals surface area contributed by atoms with Gasteiger partial charge in [-0.2, -0.15) is 0 Å². The van der Waals surface area contributed by atoms with Gasteiger partial charge in [0, 0.05) is 6.72 Å². The Morgan fingerprint density at radius 3 is 2.71 bits per heavy atom. The summed E-state index contributed by atoms with van der Waals surface area (Å²) in [6.07, 6.45) is 3.65. The molecule has 1 heterocycles. The predicted octanol–water partition coefficient (Wildman–Crippen LogP) is 0.397. The van der Waals surface area contributed by atoms with Crippen LogP contribution >= 0.6 is 0 Å². The number of hydrogen-bond donors (Lipinski definition) is 0. The third-order valence-electron chi connectivity index (χ3n) is 0.746. The average molecular weight is 95.1 g/mol. The fourth-order valence-electron chi connectivity index (χ4n) is 0.439. The molecule has 1 aliphatic rings. The van der Waals surface area contributed by atoms with E-state index < -0.39 is 0 Å². The monoisotopic (exact) mass is 95.1 g/mol. The molecule has 0 aromatic rings. The van der Waals surface area contributed by atoms with Gasteiger partial charge < -0.3 is 9.48 Å². The third kappa shape index (κ3) is 0.738. The molecule has 0 unspecified atom stereocenters. The van der Waals surface area contributed by atoms with Crippen LogP contribution in [-0.2, 0) is 0 Å². The van der Waals surface area contributed by atoms with E-state index in [4.69, 9.17) is 0 Å². The van der Waals surface area contributed by atoms with Crippen molar-refractivity contribution in [1.29, 1.82) is 0 Å². The molecule has 0 amide bonds. The molecule has 0 aromatic carbocycles. The van der Waals surface area contributed by atoms with Crippen LogP contribution in [0.15, 0.2) is 12.4 Å². The fourth-order valence-corrected chi connectivity index (χ4v) is 0.439. The Morgan fingerprint density at radius 2 is 2.57 bits per heavy atom. The van der Waals surface area contributed by atoms with E-state index in [2.05, 4.69) is 13.8 Å². The first-order valence-corrected chi connectivity index (χ1v) is 2.00. The summed E-state index contributed by atoms with van der Waals surface area (Å²) in [5.74, 6) is 0. The molecule has 38 valence electrons. The van der Waals surface area contributed by atoms with Crippen molar-refractivity contribution in [3.05, 3.63) is 26.1 Å². The van der Waals surface area contributed by atoms with E-state index in [9.17, 15) is 0 Å². The summed E-state index contributed by atoms with van der Waals surface area (Å²) in [7, 11) is 3.60. The zero-order valence-electron chi connectivity index (χ0n) is 4.04. The molecule has 2 heteroatoms. The van der Waals surface area contributed by atoms with Crippen LogP contribution in [0.1, 0.15) is 0 Å². The highest BCUT2D eigenvalue weighted by Gasteiger charge is 1.91. The van der Waals surface area contributed by atoms with Crippen molar-refractivity contribution in [2.24, 2.45) is 0 Å². The summed E-state index contributed by atoms with van der Waals surface area (Å²) in [4.78, 5) is 1.69. The first kappa shape index (κ1) is 4.24. The molecule has 0 atom stereocenters. The molecule has 2 nitrogen and oxygen atoms in total. The van der Waals surface area contributed by atoms with Crippen molar-refractivity contribution in [2.45, 2.75) is 0 Å². The Hall–Kier alpha value is -0.920. The molecule has 7 heavy (non-hydrogen) atoms. The molecule has 0 fully saturated rings. The SMILES string of the molecule is C=[N+]1C=CN([CH2-])[CH-]1. The van der Waals surface area contributed by atoms with Gasteiger partial charge in [-0.1, -0.05) is 0 Å². The van der Waals surface area contributed by atoms with Crippen molar-refractivity contribution in [3.63, 3.8) is 0 Å². The lowest BCUT2D eigenvalue weighted by atomic mass is 10.9. The smallest absolute Gasteiger partial charge is 0.113 e. The number of hydrogen-bond acceptors (Lipinski definition) is 1. The molecular weight excluding hydrogens is 88.1 g/mol. The molecule has 0 radical (unpaired) electrons. The van der Waals surface area contributed by atoms with Crippen molar-refractivity contribution in [2.75, 3.05) is 0 Å². The molecule has 0 saturated carbocycles.